The van der Waals surface area contributed by atoms with Crippen molar-refractivity contribution in [2.45, 2.75) is 0 Å². The largest absolute Gasteiger partial charge is 0.310 e. The Morgan fingerprint density at radius 2 is 0.917 bits per heavy atom. The molecule has 0 fully saturated rings. The number of nitrogens with zero attached hydrogens (tertiary/aromatic N) is 1. The van der Waals surface area contributed by atoms with E-state index in [0.29, 0.717) is 0 Å². The summed E-state index contributed by atoms with van der Waals surface area (Å²) in [5, 5.41) is 5.14. The molecule has 8 aromatic carbocycles. The van der Waals surface area contributed by atoms with Crippen LogP contribution in [0.25, 0.3) is 64.3 Å². The van der Waals surface area contributed by atoms with Crippen LogP contribution in [0.5, 0.6) is 0 Å². The highest BCUT2D eigenvalue weighted by Gasteiger charge is 2.20. The van der Waals surface area contributed by atoms with E-state index >= 15 is 0 Å². The highest BCUT2D eigenvalue weighted by molar-refractivity contribution is 7.26. The minimum absolute atomic E-state index is 1.12. The second-order valence-electron chi connectivity index (χ2n) is 12.1. The topological polar surface area (TPSA) is 3.24 Å². The van der Waals surface area contributed by atoms with Crippen molar-refractivity contribution in [3.63, 3.8) is 0 Å². The third-order valence-corrected chi connectivity index (χ3v) is 10.5. The third kappa shape index (κ3) is 4.86. The molecule has 0 amide bonds. The summed E-state index contributed by atoms with van der Waals surface area (Å²) < 4.78 is 2.66. The first-order chi connectivity index (χ1) is 23.8. The fourth-order valence-corrected chi connectivity index (χ4v) is 8.33. The molecule has 1 heterocycles. The van der Waals surface area contributed by atoms with E-state index in [4.69, 9.17) is 0 Å². The Morgan fingerprint density at radius 3 is 1.73 bits per heavy atom. The van der Waals surface area contributed by atoms with Crippen LogP contribution in [-0.2, 0) is 0 Å². The van der Waals surface area contributed by atoms with Gasteiger partial charge in [-0.05, 0) is 75.0 Å². The second kappa shape index (κ2) is 12.0. The fourth-order valence-electron chi connectivity index (χ4n) is 7.09. The van der Waals surface area contributed by atoms with Gasteiger partial charge in [0.1, 0.15) is 0 Å². The van der Waals surface area contributed by atoms with Gasteiger partial charge in [-0.1, -0.05) is 152 Å². The predicted molar refractivity (Wildman–Crippen MR) is 208 cm³/mol. The molecule has 0 bridgehead atoms. The van der Waals surface area contributed by atoms with Crippen LogP contribution in [0.15, 0.2) is 188 Å². The molecule has 0 unspecified atom stereocenters. The van der Waals surface area contributed by atoms with Gasteiger partial charge in [-0.25, -0.2) is 0 Å². The van der Waals surface area contributed by atoms with Crippen LogP contribution in [-0.4, -0.2) is 0 Å². The van der Waals surface area contributed by atoms with Crippen molar-refractivity contribution in [3.05, 3.63) is 188 Å². The number of para-hydroxylation sites is 2. The number of anilines is 3. The standard InChI is InChI=1S/C46H31NS/c1-3-14-32(15-4-1)37-22-11-16-34-17-12-24-41(45(34)37)39-20-7-9-26-43(39)47(35-18-5-2-6-19-35)36-30-28-33(29-31-36)38-23-13-25-42-40-21-8-10-27-44(40)48-46(38)42/h1-31H. The van der Waals surface area contributed by atoms with Gasteiger partial charge in [0, 0.05) is 37.1 Å². The SMILES string of the molecule is c1ccc(-c2cccc3cccc(-c4ccccc4N(c4ccccc4)c4ccc(-c5cccc6c5sc5ccccc56)cc4)c23)cc1. The molecule has 0 aliphatic heterocycles. The molecule has 0 atom stereocenters. The molecule has 0 aliphatic carbocycles. The van der Waals surface area contributed by atoms with Crippen LogP contribution >= 0.6 is 11.3 Å². The molecular formula is C46H31NS. The molecule has 0 N–H and O–H groups in total. The van der Waals surface area contributed by atoms with Crippen LogP contribution in [0.3, 0.4) is 0 Å². The molecule has 0 spiro atoms. The Labute approximate surface area is 284 Å². The lowest BCUT2D eigenvalue weighted by Gasteiger charge is -2.28. The zero-order valence-corrected chi connectivity index (χ0v) is 27.1. The molecule has 226 valence electrons. The van der Waals surface area contributed by atoms with Crippen LogP contribution in [0, 0.1) is 0 Å². The van der Waals surface area contributed by atoms with Crippen molar-refractivity contribution >= 4 is 59.3 Å². The minimum Gasteiger partial charge on any atom is -0.310 e. The van der Waals surface area contributed by atoms with E-state index in [1.807, 2.05) is 11.3 Å². The molecule has 9 aromatic rings. The van der Waals surface area contributed by atoms with Gasteiger partial charge in [-0.2, -0.15) is 0 Å². The van der Waals surface area contributed by atoms with Crippen molar-refractivity contribution < 1.29 is 0 Å². The summed E-state index contributed by atoms with van der Waals surface area (Å²) in [5.41, 5.74) is 10.7. The summed E-state index contributed by atoms with van der Waals surface area (Å²) in [7, 11) is 0. The molecule has 1 nitrogen and oxygen atoms in total. The summed E-state index contributed by atoms with van der Waals surface area (Å²) in [6.07, 6.45) is 0. The molecule has 0 saturated heterocycles. The van der Waals surface area contributed by atoms with Crippen LogP contribution in [0.2, 0.25) is 0 Å². The first kappa shape index (κ1) is 28.3. The van der Waals surface area contributed by atoms with Crippen molar-refractivity contribution in [2.75, 3.05) is 4.90 Å². The van der Waals surface area contributed by atoms with Gasteiger partial charge in [0.15, 0.2) is 0 Å². The molecule has 0 radical (unpaired) electrons. The van der Waals surface area contributed by atoms with Gasteiger partial charge in [-0.3, -0.25) is 0 Å². The predicted octanol–water partition coefficient (Wildman–Crippen LogP) is 13.7. The molecule has 2 heteroatoms. The van der Waals surface area contributed by atoms with E-state index in [1.165, 1.54) is 64.3 Å². The van der Waals surface area contributed by atoms with E-state index in [-0.39, 0.29) is 0 Å². The van der Waals surface area contributed by atoms with E-state index in [2.05, 4.69) is 193 Å². The van der Waals surface area contributed by atoms with Crippen LogP contribution in [0.4, 0.5) is 17.1 Å². The van der Waals surface area contributed by atoms with Crippen LogP contribution < -0.4 is 4.90 Å². The zero-order chi connectivity index (χ0) is 31.9. The van der Waals surface area contributed by atoms with Gasteiger partial charge in [0.25, 0.3) is 0 Å². The van der Waals surface area contributed by atoms with E-state index in [0.717, 1.165) is 17.1 Å². The van der Waals surface area contributed by atoms with Crippen molar-refractivity contribution in [1.82, 2.24) is 0 Å². The maximum atomic E-state index is 2.39. The first-order valence-corrected chi connectivity index (χ1v) is 17.2. The number of rotatable bonds is 6. The summed E-state index contributed by atoms with van der Waals surface area (Å²) >= 11 is 1.88. The normalized spacial score (nSPS) is 11.3. The first-order valence-electron chi connectivity index (χ1n) is 16.4. The van der Waals surface area contributed by atoms with Gasteiger partial charge < -0.3 is 4.90 Å². The molecule has 0 aliphatic rings. The molecular weight excluding hydrogens is 599 g/mol. The van der Waals surface area contributed by atoms with Crippen molar-refractivity contribution in [1.29, 1.82) is 0 Å². The summed E-state index contributed by atoms with van der Waals surface area (Å²) in [6, 6.07) is 68.0. The Kier molecular flexibility index (Phi) is 7.07. The number of thiophene rings is 1. The lowest BCUT2D eigenvalue weighted by atomic mass is 9.90. The zero-order valence-electron chi connectivity index (χ0n) is 26.3. The fraction of sp³-hybridized carbons (Fsp3) is 0. The number of hydrogen-bond donors (Lipinski definition) is 0. The van der Waals surface area contributed by atoms with Crippen molar-refractivity contribution in [3.8, 4) is 33.4 Å². The van der Waals surface area contributed by atoms with Crippen LogP contribution in [0.1, 0.15) is 0 Å². The summed E-state index contributed by atoms with van der Waals surface area (Å²) in [6.45, 7) is 0. The third-order valence-electron chi connectivity index (χ3n) is 9.28. The molecule has 48 heavy (non-hydrogen) atoms. The average Bonchev–Trinajstić information content (AvgIpc) is 3.55. The maximum absolute atomic E-state index is 2.39. The molecule has 9 rings (SSSR count). The monoisotopic (exact) mass is 629 g/mol. The number of hydrogen-bond acceptors (Lipinski definition) is 2. The van der Waals surface area contributed by atoms with E-state index in [1.54, 1.807) is 0 Å². The molecule has 1 aromatic heterocycles. The van der Waals surface area contributed by atoms with E-state index < -0.39 is 0 Å². The second-order valence-corrected chi connectivity index (χ2v) is 13.1. The van der Waals surface area contributed by atoms with Gasteiger partial charge in [0.2, 0.25) is 0 Å². The smallest absolute Gasteiger partial charge is 0.0540 e. The average molecular weight is 630 g/mol. The lowest BCUT2D eigenvalue weighted by molar-refractivity contribution is 1.28. The Hall–Kier alpha value is -5.96. The Bertz CT molecular complexity index is 2540. The van der Waals surface area contributed by atoms with E-state index in [9.17, 15) is 0 Å². The van der Waals surface area contributed by atoms with Gasteiger partial charge in [-0.15, -0.1) is 11.3 Å². The highest BCUT2D eigenvalue weighted by Crippen LogP contribution is 2.45. The Morgan fingerprint density at radius 1 is 0.354 bits per heavy atom. The lowest BCUT2D eigenvalue weighted by Crippen LogP contribution is -2.11. The minimum atomic E-state index is 1.12. The maximum Gasteiger partial charge on any atom is 0.0540 e. The van der Waals surface area contributed by atoms with Crippen molar-refractivity contribution in [2.24, 2.45) is 0 Å². The molecule has 0 saturated carbocycles. The quantitative estimate of drug-likeness (QED) is 0.177. The van der Waals surface area contributed by atoms with Gasteiger partial charge in [0.05, 0.1) is 5.69 Å². The summed E-state index contributed by atoms with van der Waals surface area (Å²) in [4.78, 5) is 2.39. The number of fused-ring (bicyclic) bond motifs is 4. The Balaban J connectivity index is 1.21. The summed E-state index contributed by atoms with van der Waals surface area (Å²) in [5.74, 6) is 0. The number of benzene rings is 8. The van der Waals surface area contributed by atoms with Gasteiger partial charge >= 0.3 is 0 Å². The highest BCUT2D eigenvalue weighted by atomic mass is 32.1.